The SMILES string of the molecule is Cc1cccc2c1nc(CCl)n2C(C)c1ccc(Cl)s1. The van der Waals surface area contributed by atoms with Gasteiger partial charge in [0.15, 0.2) is 0 Å². The third-order valence-corrected chi connectivity index (χ3v) is 5.15. The molecular weight excluding hydrogens is 311 g/mol. The number of thiophene rings is 1. The number of para-hydroxylation sites is 1. The number of hydrogen-bond donors (Lipinski definition) is 0. The van der Waals surface area contributed by atoms with Crippen LogP contribution < -0.4 is 0 Å². The third-order valence-electron chi connectivity index (χ3n) is 3.51. The van der Waals surface area contributed by atoms with Crippen molar-refractivity contribution in [3.63, 3.8) is 0 Å². The highest BCUT2D eigenvalue weighted by Gasteiger charge is 2.18. The molecule has 2 aromatic heterocycles. The molecule has 0 radical (unpaired) electrons. The van der Waals surface area contributed by atoms with Gasteiger partial charge in [-0.25, -0.2) is 4.98 Å². The van der Waals surface area contributed by atoms with Crippen molar-refractivity contribution in [1.82, 2.24) is 9.55 Å². The number of alkyl halides is 1. The second kappa shape index (κ2) is 5.40. The smallest absolute Gasteiger partial charge is 0.125 e. The summed E-state index contributed by atoms with van der Waals surface area (Å²) >= 11 is 13.7. The van der Waals surface area contributed by atoms with E-state index in [0.717, 1.165) is 21.2 Å². The van der Waals surface area contributed by atoms with Crippen molar-refractivity contribution >= 4 is 45.6 Å². The summed E-state index contributed by atoms with van der Waals surface area (Å²) in [5, 5.41) is 0. The Morgan fingerprint density at radius 2 is 2.10 bits per heavy atom. The zero-order valence-corrected chi connectivity index (χ0v) is 13.6. The Bertz CT molecular complexity index is 760. The Hall–Kier alpha value is -1.03. The maximum atomic E-state index is 6.09. The van der Waals surface area contributed by atoms with Crippen LogP contribution in [-0.4, -0.2) is 9.55 Å². The summed E-state index contributed by atoms with van der Waals surface area (Å²) in [7, 11) is 0. The Kier molecular flexibility index (Phi) is 3.76. The van der Waals surface area contributed by atoms with Crippen LogP contribution in [0.25, 0.3) is 11.0 Å². The number of hydrogen-bond acceptors (Lipinski definition) is 2. The predicted octanol–water partition coefficient (Wildman–Crippen LogP) is 5.41. The van der Waals surface area contributed by atoms with E-state index >= 15 is 0 Å². The molecule has 20 heavy (non-hydrogen) atoms. The molecule has 3 aromatic rings. The van der Waals surface area contributed by atoms with E-state index in [9.17, 15) is 0 Å². The second-order valence-electron chi connectivity index (χ2n) is 4.79. The molecule has 0 aliphatic rings. The minimum atomic E-state index is 0.174. The number of rotatable bonds is 3. The fourth-order valence-corrected chi connectivity index (χ4v) is 3.80. The molecule has 1 aromatic carbocycles. The van der Waals surface area contributed by atoms with Crippen molar-refractivity contribution in [1.29, 1.82) is 0 Å². The van der Waals surface area contributed by atoms with Gasteiger partial charge in [0.25, 0.3) is 0 Å². The predicted molar refractivity (Wildman–Crippen MR) is 87.2 cm³/mol. The monoisotopic (exact) mass is 324 g/mol. The molecule has 5 heteroatoms. The van der Waals surface area contributed by atoms with E-state index in [2.05, 4.69) is 47.7 Å². The molecule has 0 aliphatic heterocycles. The molecule has 0 fully saturated rings. The first-order valence-electron chi connectivity index (χ1n) is 6.39. The third kappa shape index (κ3) is 2.24. The van der Waals surface area contributed by atoms with Crippen LogP contribution in [0, 0.1) is 6.92 Å². The van der Waals surface area contributed by atoms with Crippen LogP contribution >= 0.6 is 34.5 Å². The number of benzene rings is 1. The van der Waals surface area contributed by atoms with Crippen molar-refractivity contribution in [3.8, 4) is 0 Å². The lowest BCUT2D eigenvalue weighted by atomic mass is 10.2. The number of imidazole rings is 1. The largest absolute Gasteiger partial charge is 0.319 e. The topological polar surface area (TPSA) is 17.8 Å². The molecule has 0 saturated heterocycles. The Morgan fingerprint density at radius 3 is 2.75 bits per heavy atom. The highest BCUT2D eigenvalue weighted by atomic mass is 35.5. The van der Waals surface area contributed by atoms with Gasteiger partial charge in [-0.15, -0.1) is 22.9 Å². The van der Waals surface area contributed by atoms with Gasteiger partial charge in [-0.2, -0.15) is 0 Å². The Morgan fingerprint density at radius 1 is 1.30 bits per heavy atom. The molecule has 0 aliphatic carbocycles. The van der Waals surface area contributed by atoms with Crippen LogP contribution in [0.15, 0.2) is 30.3 Å². The molecule has 2 heterocycles. The highest BCUT2D eigenvalue weighted by Crippen LogP contribution is 2.33. The normalized spacial score (nSPS) is 13.0. The van der Waals surface area contributed by atoms with Gasteiger partial charge in [0.1, 0.15) is 5.82 Å². The van der Waals surface area contributed by atoms with Crippen molar-refractivity contribution in [3.05, 3.63) is 50.9 Å². The van der Waals surface area contributed by atoms with E-state index in [1.807, 2.05) is 6.07 Å². The van der Waals surface area contributed by atoms with Crippen LogP contribution in [0.4, 0.5) is 0 Å². The summed E-state index contributed by atoms with van der Waals surface area (Å²) < 4.78 is 3.01. The van der Waals surface area contributed by atoms with Crippen LogP contribution in [0.1, 0.15) is 29.2 Å². The zero-order chi connectivity index (χ0) is 14.3. The van der Waals surface area contributed by atoms with Gasteiger partial charge in [0.2, 0.25) is 0 Å². The van der Waals surface area contributed by atoms with E-state index < -0.39 is 0 Å². The lowest BCUT2D eigenvalue weighted by molar-refractivity contribution is 0.644. The van der Waals surface area contributed by atoms with Gasteiger partial charge in [0, 0.05) is 4.88 Å². The summed E-state index contributed by atoms with van der Waals surface area (Å²) in [6, 6.07) is 10.4. The number of nitrogens with zero attached hydrogens (tertiary/aromatic N) is 2. The molecule has 1 unspecified atom stereocenters. The fourth-order valence-electron chi connectivity index (χ4n) is 2.51. The highest BCUT2D eigenvalue weighted by molar-refractivity contribution is 7.16. The molecule has 104 valence electrons. The number of halogens is 2. The molecule has 1 atom stereocenters. The summed E-state index contributed by atoms with van der Waals surface area (Å²) in [6.07, 6.45) is 0. The van der Waals surface area contributed by atoms with Gasteiger partial charge < -0.3 is 4.57 Å². The molecule has 0 bridgehead atoms. The maximum Gasteiger partial charge on any atom is 0.125 e. The summed E-state index contributed by atoms with van der Waals surface area (Å²) in [5.41, 5.74) is 3.32. The molecule has 2 nitrogen and oxygen atoms in total. The fraction of sp³-hybridized carbons (Fsp3) is 0.267. The molecule has 3 rings (SSSR count). The average molecular weight is 325 g/mol. The number of aromatic nitrogens is 2. The van der Waals surface area contributed by atoms with Crippen molar-refractivity contribution in [2.45, 2.75) is 25.8 Å². The van der Waals surface area contributed by atoms with Gasteiger partial charge >= 0.3 is 0 Å². The molecule has 0 N–H and O–H groups in total. The summed E-state index contributed by atoms with van der Waals surface area (Å²) in [6.45, 7) is 4.23. The molecule has 0 spiro atoms. The van der Waals surface area contributed by atoms with Crippen LogP contribution in [-0.2, 0) is 5.88 Å². The van der Waals surface area contributed by atoms with Gasteiger partial charge in [-0.3, -0.25) is 0 Å². The average Bonchev–Trinajstić information content (AvgIpc) is 3.02. The maximum absolute atomic E-state index is 6.09. The number of aryl methyl sites for hydroxylation is 1. The van der Waals surface area contributed by atoms with Crippen molar-refractivity contribution in [2.24, 2.45) is 0 Å². The van der Waals surface area contributed by atoms with E-state index in [-0.39, 0.29) is 6.04 Å². The Balaban J connectivity index is 2.21. The van der Waals surface area contributed by atoms with Crippen LogP contribution in [0.2, 0.25) is 4.34 Å². The number of fused-ring (bicyclic) bond motifs is 1. The van der Waals surface area contributed by atoms with Crippen molar-refractivity contribution < 1.29 is 0 Å². The van der Waals surface area contributed by atoms with E-state index in [0.29, 0.717) is 5.88 Å². The summed E-state index contributed by atoms with van der Waals surface area (Å²) in [4.78, 5) is 5.90. The van der Waals surface area contributed by atoms with Gasteiger partial charge in [0.05, 0.1) is 27.3 Å². The Labute approximate surface area is 132 Å². The second-order valence-corrected chi connectivity index (χ2v) is 6.81. The first kappa shape index (κ1) is 13.9. The summed E-state index contributed by atoms with van der Waals surface area (Å²) in [5.74, 6) is 1.30. The first-order valence-corrected chi connectivity index (χ1v) is 8.12. The van der Waals surface area contributed by atoms with Gasteiger partial charge in [-0.05, 0) is 37.6 Å². The van der Waals surface area contributed by atoms with E-state index in [1.165, 1.54) is 10.4 Å². The lowest BCUT2D eigenvalue weighted by Crippen LogP contribution is -2.08. The van der Waals surface area contributed by atoms with Crippen LogP contribution in [0.3, 0.4) is 0 Å². The van der Waals surface area contributed by atoms with E-state index in [1.54, 1.807) is 11.3 Å². The molecule has 0 saturated carbocycles. The van der Waals surface area contributed by atoms with Gasteiger partial charge in [-0.1, -0.05) is 23.7 Å². The standard InChI is InChI=1S/C15H14Cl2N2S/c1-9-4-3-5-11-15(9)18-14(8-16)19(11)10(2)12-6-7-13(17)20-12/h3-7,10H,8H2,1-2H3. The van der Waals surface area contributed by atoms with Crippen LogP contribution in [0.5, 0.6) is 0 Å². The minimum Gasteiger partial charge on any atom is -0.319 e. The lowest BCUT2D eigenvalue weighted by Gasteiger charge is -2.15. The molecule has 0 amide bonds. The zero-order valence-electron chi connectivity index (χ0n) is 11.2. The quantitative estimate of drug-likeness (QED) is 0.589. The minimum absolute atomic E-state index is 0.174. The van der Waals surface area contributed by atoms with Crippen molar-refractivity contribution in [2.75, 3.05) is 0 Å². The van der Waals surface area contributed by atoms with E-state index in [4.69, 9.17) is 23.2 Å². The molecular formula is C15H14Cl2N2S. The first-order chi connectivity index (χ1) is 9.61.